The van der Waals surface area contributed by atoms with Crippen LogP contribution in [0.4, 0.5) is 4.39 Å². The van der Waals surface area contributed by atoms with Gasteiger partial charge in [0.1, 0.15) is 5.92 Å². The van der Waals surface area contributed by atoms with Crippen molar-refractivity contribution in [3.05, 3.63) is 0 Å². The number of carbonyl (C=O) groups is 1. The highest BCUT2D eigenvalue weighted by Crippen LogP contribution is 2.52. The molecule has 1 saturated carbocycles. The molecule has 10 heavy (non-hydrogen) atoms. The lowest BCUT2D eigenvalue weighted by molar-refractivity contribution is -0.145. The Morgan fingerprint density at radius 1 is 2.00 bits per heavy atom. The van der Waals surface area contributed by atoms with Gasteiger partial charge in [-0.2, -0.15) is 0 Å². The van der Waals surface area contributed by atoms with E-state index in [4.69, 9.17) is 0 Å². The van der Waals surface area contributed by atoms with E-state index in [1.54, 1.807) is 6.92 Å². The molecule has 0 N–H and O–H groups in total. The van der Waals surface area contributed by atoms with Crippen molar-refractivity contribution in [3.63, 3.8) is 0 Å². The first-order valence-corrected chi connectivity index (χ1v) is 3.91. The molecule has 2 nitrogen and oxygen atoms in total. The van der Waals surface area contributed by atoms with Crippen LogP contribution in [-0.2, 0) is 9.53 Å². The molecule has 1 aliphatic carbocycles. The molecular formula is C6H8BrFO2. The summed E-state index contributed by atoms with van der Waals surface area (Å²) in [5.41, 5.74) is 0. The first kappa shape index (κ1) is 7.98. The highest BCUT2D eigenvalue weighted by atomic mass is 79.9. The zero-order valence-electron chi connectivity index (χ0n) is 5.56. The number of esters is 1. The molecule has 2 atom stereocenters. The normalized spacial score (nSPS) is 37.3. The summed E-state index contributed by atoms with van der Waals surface area (Å²) in [5, 5.41) is 0. The average Bonchev–Trinajstić information content (AvgIpc) is 2.41. The maximum absolute atomic E-state index is 12.7. The standard InChI is InChI=1S/C6H8BrFO2/c1-2-10-5(9)4-3-6(4,7)8/h4H,2-3H2,1H3. The van der Waals surface area contributed by atoms with Crippen LogP contribution in [0.2, 0.25) is 0 Å². The smallest absolute Gasteiger partial charge is 0.313 e. The summed E-state index contributed by atoms with van der Waals surface area (Å²) in [6, 6.07) is 0. The van der Waals surface area contributed by atoms with Gasteiger partial charge in [0.15, 0.2) is 4.58 Å². The van der Waals surface area contributed by atoms with Crippen LogP contribution in [0.5, 0.6) is 0 Å². The third-order valence-electron chi connectivity index (χ3n) is 1.40. The molecule has 0 amide bonds. The molecule has 0 saturated heterocycles. The number of hydrogen-bond donors (Lipinski definition) is 0. The Bertz CT molecular complexity index is 158. The van der Waals surface area contributed by atoms with Crippen LogP contribution in [-0.4, -0.2) is 17.2 Å². The van der Waals surface area contributed by atoms with E-state index in [0.717, 1.165) is 0 Å². The van der Waals surface area contributed by atoms with E-state index >= 15 is 0 Å². The van der Waals surface area contributed by atoms with Gasteiger partial charge in [0.2, 0.25) is 0 Å². The number of hydrogen-bond acceptors (Lipinski definition) is 2. The van der Waals surface area contributed by atoms with Gasteiger partial charge in [0.05, 0.1) is 6.61 Å². The zero-order chi connectivity index (χ0) is 7.78. The summed E-state index contributed by atoms with van der Waals surface area (Å²) in [6.45, 7) is 2.02. The fourth-order valence-corrected chi connectivity index (χ4v) is 1.22. The number of alkyl halides is 2. The van der Waals surface area contributed by atoms with Crippen molar-refractivity contribution in [2.45, 2.75) is 17.9 Å². The Morgan fingerprint density at radius 3 is 2.80 bits per heavy atom. The summed E-state index contributed by atoms with van der Waals surface area (Å²) < 4.78 is 15.8. The van der Waals surface area contributed by atoms with Gasteiger partial charge in [-0.15, -0.1) is 0 Å². The summed E-state index contributed by atoms with van der Waals surface area (Å²) in [6.07, 6.45) is 0.242. The fourth-order valence-electron chi connectivity index (χ4n) is 0.712. The molecule has 0 heterocycles. The third kappa shape index (κ3) is 1.48. The summed E-state index contributed by atoms with van der Waals surface area (Å²) in [7, 11) is 0. The van der Waals surface area contributed by atoms with E-state index in [2.05, 4.69) is 20.7 Å². The highest BCUT2D eigenvalue weighted by molar-refractivity contribution is 9.10. The number of rotatable bonds is 2. The number of ether oxygens (including phenoxy) is 1. The molecule has 0 aromatic carbocycles. The first-order valence-electron chi connectivity index (χ1n) is 3.12. The Hall–Kier alpha value is -0.120. The molecule has 2 unspecified atom stereocenters. The number of carbonyl (C=O) groups excluding carboxylic acids is 1. The molecule has 0 bridgehead atoms. The van der Waals surface area contributed by atoms with Gasteiger partial charge < -0.3 is 4.74 Å². The second-order valence-corrected chi connectivity index (χ2v) is 3.59. The second kappa shape index (κ2) is 2.49. The van der Waals surface area contributed by atoms with Crippen LogP contribution in [0.1, 0.15) is 13.3 Å². The van der Waals surface area contributed by atoms with Gasteiger partial charge in [0.25, 0.3) is 0 Å². The second-order valence-electron chi connectivity index (χ2n) is 2.27. The lowest BCUT2D eigenvalue weighted by Gasteiger charge is -1.98. The quantitative estimate of drug-likeness (QED) is 0.512. The molecule has 0 aliphatic heterocycles. The SMILES string of the molecule is CCOC(=O)C1CC1(F)Br. The van der Waals surface area contributed by atoms with Crippen molar-refractivity contribution >= 4 is 21.9 Å². The Kier molecular flexibility index (Phi) is 1.99. The maximum atomic E-state index is 12.7. The molecule has 4 heteroatoms. The Morgan fingerprint density at radius 2 is 2.50 bits per heavy atom. The van der Waals surface area contributed by atoms with E-state index in [1.165, 1.54) is 0 Å². The highest BCUT2D eigenvalue weighted by Gasteiger charge is 2.59. The molecule has 0 spiro atoms. The van der Waals surface area contributed by atoms with Crippen molar-refractivity contribution in [2.24, 2.45) is 5.92 Å². The first-order chi connectivity index (χ1) is 4.58. The van der Waals surface area contributed by atoms with Gasteiger partial charge in [-0.3, -0.25) is 4.79 Å². The molecule has 0 aromatic rings. The maximum Gasteiger partial charge on any atom is 0.313 e. The molecule has 1 fully saturated rings. The van der Waals surface area contributed by atoms with E-state index < -0.39 is 16.5 Å². The van der Waals surface area contributed by atoms with Crippen LogP contribution in [0.25, 0.3) is 0 Å². The number of halogens is 2. The Labute approximate surface area is 66.9 Å². The molecule has 58 valence electrons. The minimum absolute atomic E-state index is 0.242. The summed E-state index contributed by atoms with van der Waals surface area (Å²) in [5.74, 6) is -1.02. The van der Waals surface area contributed by atoms with E-state index in [0.29, 0.717) is 6.61 Å². The van der Waals surface area contributed by atoms with Gasteiger partial charge in [0, 0.05) is 6.42 Å². The van der Waals surface area contributed by atoms with Crippen molar-refractivity contribution in [2.75, 3.05) is 6.61 Å². The summed E-state index contributed by atoms with van der Waals surface area (Å²) >= 11 is 2.76. The molecule has 0 radical (unpaired) electrons. The lowest BCUT2D eigenvalue weighted by Crippen LogP contribution is -2.10. The lowest BCUT2D eigenvalue weighted by atomic mass is 10.4. The van der Waals surface area contributed by atoms with E-state index in [-0.39, 0.29) is 6.42 Å². The Balaban J connectivity index is 2.33. The van der Waals surface area contributed by atoms with Gasteiger partial charge in [-0.05, 0) is 22.9 Å². The zero-order valence-corrected chi connectivity index (χ0v) is 7.15. The molecule has 1 rings (SSSR count). The van der Waals surface area contributed by atoms with Crippen LogP contribution >= 0.6 is 15.9 Å². The summed E-state index contributed by atoms with van der Waals surface area (Å²) in [4.78, 5) is 10.7. The third-order valence-corrected chi connectivity index (χ3v) is 2.27. The molecular weight excluding hydrogens is 203 g/mol. The van der Waals surface area contributed by atoms with E-state index in [9.17, 15) is 9.18 Å². The van der Waals surface area contributed by atoms with Crippen molar-refractivity contribution in [1.29, 1.82) is 0 Å². The minimum Gasteiger partial charge on any atom is -0.466 e. The van der Waals surface area contributed by atoms with Crippen molar-refractivity contribution in [1.82, 2.24) is 0 Å². The minimum atomic E-state index is -1.47. The predicted molar refractivity (Wildman–Crippen MR) is 37.5 cm³/mol. The van der Waals surface area contributed by atoms with Crippen LogP contribution in [0, 0.1) is 5.92 Å². The van der Waals surface area contributed by atoms with Crippen molar-refractivity contribution in [3.8, 4) is 0 Å². The van der Waals surface area contributed by atoms with Crippen LogP contribution in [0.3, 0.4) is 0 Å². The molecule has 0 aromatic heterocycles. The predicted octanol–water partition coefficient (Wildman–Crippen LogP) is 1.63. The van der Waals surface area contributed by atoms with Gasteiger partial charge in [-0.25, -0.2) is 4.39 Å². The van der Waals surface area contributed by atoms with E-state index in [1.807, 2.05) is 0 Å². The average molecular weight is 211 g/mol. The van der Waals surface area contributed by atoms with Crippen molar-refractivity contribution < 1.29 is 13.9 Å². The van der Waals surface area contributed by atoms with Gasteiger partial charge >= 0.3 is 5.97 Å². The topological polar surface area (TPSA) is 26.3 Å². The van der Waals surface area contributed by atoms with Crippen LogP contribution < -0.4 is 0 Å². The monoisotopic (exact) mass is 210 g/mol. The molecule has 1 aliphatic rings. The van der Waals surface area contributed by atoms with Crippen LogP contribution in [0.15, 0.2) is 0 Å². The van der Waals surface area contributed by atoms with Gasteiger partial charge in [-0.1, -0.05) is 0 Å². The fraction of sp³-hybridized carbons (Fsp3) is 0.833. The largest absolute Gasteiger partial charge is 0.466 e.